The van der Waals surface area contributed by atoms with Crippen molar-refractivity contribution in [3.63, 3.8) is 0 Å². The van der Waals surface area contributed by atoms with E-state index >= 15 is 0 Å². The van der Waals surface area contributed by atoms with Crippen LogP contribution in [0.15, 0.2) is 33.5 Å². The standard InChI is InChI=1S/C12H10N2O2/c1-7-10-11(14(2)13-7)8-5-3-4-6-9(8)16-12(10)15/h3-6H,1-2H3. The molecule has 0 saturated heterocycles. The number of hydrogen-bond acceptors (Lipinski definition) is 3. The van der Waals surface area contributed by atoms with Crippen LogP contribution in [0.1, 0.15) is 5.69 Å². The van der Waals surface area contributed by atoms with E-state index in [0.29, 0.717) is 16.7 Å². The number of nitrogens with zero attached hydrogens (tertiary/aromatic N) is 2. The summed E-state index contributed by atoms with van der Waals surface area (Å²) in [6.07, 6.45) is 0. The second-order valence-corrected chi connectivity index (χ2v) is 3.82. The number of para-hydroxylation sites is 1. The number of rotatable bonds is 0. The van der Waals surface area contributed by atoms with E-state index in [1.165, 1.54) is 0 Å². The van der Waals surface area contributed by atoms with Gasteiger partial charge in [-0.1, -0.05) is 12.1 Å². The zero-order valence-corrected chi connectivity index (χ0v) is 9.02. The number of fused-ring (bicyclic) bond motifs is 3. The van der Waals surface area contributed by atoms with Crippen LogP contribution < -0.4 is 5.63 Å². The Hall–Kier alpha value is -2.10. The lowest BCUT2D eigenvalue weighted by Crippen LogP contribution is -2.00. The molecule has 16 heavy (non-hydrogen) atoms. The third-order valence-corrected chi connectivity index (χ3v) is 2.77. The van der Waals surface area contributed by atoms with Gasteiger partial charge in [0.05, 0.1) is 11.2 Å². The Morgan fingerprint density at radius 1 is 1.31 bits per heavy atom. The first-order valence-electron chi connectivity index (χ1n) is 5.03. The molecule has 0 aliphatic carbocycles. The molecular formula is C12H10N2O2. The van der Waals surface area contributed by atoms with Crippen molar-refractivity contribution < 1.29 is 4.42 Å². The van der Waals surface area contributed by atoms with Gasteiger partial charge in [0.25, 0.3) is 0 Å². The fraction of sp³-hybridized carbons (Fsp3) is 0.167. The quantitative estimate of drug-likeness (QED) is 0.538. The highest BCUT2D eigenvalue weighted by Gasteiger charge is 2.13. The lowest BCUT2D eigenvalue weighted by atomic mass is 10.1. The Morgan fingerprint density at radius 3 is 2.88 bits per heavy atom. The third kappa shape index (κ3) is 1.04. The summed E-state index contributed by atoms with van der Waals surface area (Å²) in [6.45, 7) is 1.81. The molecule has 0 fully saturated rings. The molecule has 0 amide bonds. The van der Waals surface area contributed by atoms with Crippen LogP contribution in [0.4, 0.5) is 0 Å². The van der Waals surface area contributed by atoms with Gasteiger partial charge in [-0.15, -0.1) is 0 Å². The zero-order chi connectivity index (χ0) is 11.3. The first kappa shape index (κ1) is 9.15. The minimum absolute atomic E-state index is 0.320. The van der Waals surface area contributed by atoms with Crippen molar-refractivity contribution in [1.29, 1.82) is 0 Å². The maximum absolute atomic E-state index is 11.8. The molecule has 3 rings (SSSR count). The molecule has 0 spiro atoms. The second-order valence-electron chi connectivity index (χ2n) is 3.82. The molecule has 1 aromatic carbocycles. The van der Waals surface area contributed by atoms with Crippen molar-refractivity contribution in [3.05, 3.63) is 40.4 Å². The molecule has 0 saturated carbocycles. The summed E-state index contributed by atoms with van der Waals surface area (Å²) in [7, 11) is 1.83. The number of benzene rings is 1. The maximum Gasteiger partial charge on any atom is 0.347 e. The van der Waals surface area contributed by atoms with Gasteiger partial charge in [0.1, 0.15) is 11.0 Å². The Labute approximate surface area is 91.1 Å². The molecular weight excluding hydrogens is 204 g/mol. The lowest BCUT2D eigenvalue weighted by molar-refractivity contribution is 0.569. The van der Waals surface area contributed by atoms with Crippen LogP contribution in [-0.2, 0) is 7.05 Å². The minimum atomic E-state index is -0.320. The summed E-state index contributed by atoms with van der Waals surface area (Å²) in [6, 6.07) is 7.49. The highest BCUT2D eigenvalue weighted by Crippen LogP contribution is 2.23. The largest absolute Gasteiger partial charge is 0.422 e. The van der Waals surface area contributed by atoms with Crippen molar-refractivity contribution in [2.45, 2.75) is 6.92 Å². The summed E-state index contributed by atoms with van der Waals surface area (Å²) in [5, 5.41) is 5.75. The van der Waals surface area contributed by atoms with Crippen molar-refractivity contribution in [2.75, 3.05) is 0 Å². The smallest absolute Gasteiger partial charge is 0.347 e. The van der Waals surface area contributed by atoms with Crippen molar-refractivity contribution in [1.82, 2.24) is 9.78 Å². The fourth-order valence-corrected chi connectivity index (χ4v) is 2.11. The highest BCUT2D eigenvalue weighted by atomic mass is 16.4. The summed E-state index contributed by atoms with van der Waals surface area (Å²) in [5.41, 5.74) is 1.82. The molecule has 2 aromatic heterocycles. The van der Waals surface area contributed by atoms with E-state index in [9.17, 15) is 4.79 Å². The van der Waals surface area contributed by atoms with Gasteiger partial charge in [0.2, 0.25) is 0 Å². The molecule has 4 heteroatoms. The van der Waals surface area contributed by atoms with Crippen molar-refractivity contribution in [2.24, 2.45) is 7.05 Å². The zero-order valence-electron chi connectivity index (χ0n) is 9.02. The normalized spacial score (nSPS) is 11.4. The van der Waals surface area contributed by atoms with Gasteiger partial charge in [-0.25, -0.2) is 4.79 Å². The molecule has 0 unspecified atom stereocenters. The summed E-state index contributed by atoms with van der Waals surface area (Å²) in [4.78, 5) is 11.8. The van der Waals surface area contributed by atoms with Crippen LogP contribution >= 0.6 is 0 Å². The summed E-state index contributed by atoms with van der Waals surface area (Å²) >= 11 is 0. The molecule has 0 radical (unpaired) electrons. The number of aryl methyl sites for hydroxylation is 2. The first-order valence-corrected chi connectivity index (χ1v) is 5.03. The van der Waals surface area contributed by atoms with E-state index in [-0.39, 0.29) is 5.63 Å². The molecule has 0 aliphatic rings. The minimum Gasteiger partial charge on any atom is -0.422 e. The Balaban J connectivity index is 2.74. The van der Waals surface area contributed by atoms with Crippen LogP contribution in [0.25, 0.3) is 21.9 Å². The van der Waals surface area contributed by atoms with Gasteiger partial charge in [0.15, 0.2) is 0 Å². The third-order valence-electron chi connectivity index (χ3n) is 2.77. The number of hydrogen-bond donors (Lipinski definition) is 0. The van der Waals surface area contributed by atoms with E-state index in [4.69, 9.17) is 4.42 Å². The van der Waals surface area contributed by atoms with Gasteiger partial charge >= 0.3 is 5.63 Å². The molecule has 3 aromatic rings. The molecule has 0 N–H and O–H groups in total. The monoisotopic (exact) mass is 214 g/mol. The number of aromatic nitrogens is 2. The van der Waals surface area contributed by atoms with Gasteiger partial charge in [0, 0.05) is 12.4 Å². The SMILES string of the molecule is Cc1nn(C)c2c1c(=O)oc1ccccc12. The van der Waals surface area contributed by atoms with Crippen LogP contribution in [0.3, 0.4) is 0 Å². The van der Waals surface area contributed by atoms with Gasteiger partial charge in [-0.05, 0) is 19.1 Å². The van der Waals surface area contributed by atoms with E-state index < -0.39 is 0 Å². The van der Waals surface area contributed by atoms with Crippen LogP contribution in [0, 0.1) is 6.92 Å². The van der Waals surface area contributed by atoms with Crippen LogP contribution in [0.2, 0.25) is 0 Å². The van der Waals surface area contributed by atoms with E-state index in [1.807, 2.05) is 32.2 Å². The van der Waals surface area contributed by atoms with Gasteiger partial charge in [-0.2, -0.15) is 5.10 Å². The highest BCUT2D eigenvalue weighted by molar-refractivity contribution is 6.02. The molecule has 0 bridgehead atoms. The predicted molar refractivity (Wildman–Crippen MR) is 61.5 cm³/mol. The Kier molecular flexibility index (Phi) is 1.68. The van der Waals surface area contributed by atoms with Crippen molar-refractivity contribution in [3.8, 4) is 0 Å². The molecule has 4 nitrogen and oxygen atoms in total. The topological polar surface area (TPSA) is 48.0 Å². The molecule has 2 heterocycles. The predicted octanol–water partition coefficient (Wildman–Crippen LogP) is 1.99. The second kappa shape index (κ2) is 2.95. The Morgan fingerprint density at radius 2 is 2.06 bits per heavy atom. The lowest BCUT2D eigenvalue weighted by Gasteiger charge is -1.99. The van der Waals surface area contributed by atoms with Crippen LogP contribution in [-0.4, -0.2) is 9.78 Å². The van der Waals surface area contributed by atoms with E-state index in [1.54, 1.807) is 10.7 Å². The Bertz CT molecular complexity index is 753. The maximum atomic E-state index is 11.8. The van der Waals surface area contributed by atoms with E-state index in [2.05, 4.69) is 5.10 Å². The molecule has 0 atom stereocenters. The van der Waals surface area contributed by atoms with Gasteiger partial charge in [-0.3, -0.25) is 4.68 Å². The molecule has 80 valence electrons. The van der Waals surface area contributed by atoms with Crippen LogP contribution in [0.5, 0.6) is 0 Å². The van der Waals surface area contributed by atoms with Gasteiger partial charge < -0.3 is 4.42 Å². The van der Waals surface area contributed by atoms with Crippen molar-refractivity contribution >= 4 is 21.9 Å². The van der Waals surface area contributed by atoms with E-state index in [0.717, 1.165) is 10.9 Å². The molecule has 0 aliphatic heterocycles. The first-order chi connectivity index (χ1) is 7.68. The average molecular weight is 214 g/mol. The average Bonchev–Trinajstić information content (AvgIpc) is 2.55. The summed E-state index contributed by atoms with van der Waals surface area (Å²) in [5.74, 6) is 0. The summed E-state index contributed by atoms with van der Waals surface area (Å²) < 4.78 is 6.99. The fourth-order valence-electron chi connectivity index (χ4n) is 2.11.